The van der Waals surface area contributed by atoms with E-state index >= 15 is 0 Å². The van der Waals surface area contributed by atoms with Gasteiger partial charge in [-0.2, -0.15) is 5.26 Å². The van der Waals surface area contributed by atoms with Crippen molar-refractivity contribution >= 4 is 39.0 Å². The SMILES string of the molecule is CCCS(=O)Nc1nc(C(C)(C)C(=O)Nc2ccc(-c3cncc(C#N)c3)cc2)cs1. The van der Waals surface area contributed by atoms with Crippen LogP contribution in [-0.2, 0) is 21.2 Å². The number of carbonyl (C=O) groups excluding carboxylic acids is 1. The van der Waals surface area contributed by atoms with Gasteiger partial charge in [0.1, 0.15) is 17.1 Å². The molecule has 31 heavy (non-hydrogen) atoms. The number of nitrogens with one attached hydrogen (secondary N) is 2. The first kappa shape index (κ1) is 22.6. The van der Waals surface area contributed by atoms with Gasteiger partial charge >= 0.3 is 0 Å². The van der Waals surface area contributed by atoms with Crippen LogP contribution in [-0.4, -0.2) is 25.8 Å². The number of pyridine rings is 1. The minimum absolute atomic E-state index is 0.195. The molecule has 0 aliphatic heterocycles. The monoisotopic (exact) mass is 453 g/mol. The second-order valence-corrected chi connectivity index (χ2v) is 9.58. The number of rotatable bonds is 8. The molecule has 2 N–H and O–H groups in total. The molecular weight excluding hydrogens is 430 g/mol. The Balaban J connectivity index is 1.69. The fraction of sp³-hybridized carbons (Fsp3) is 0.273. The highest BCUT2D eigenvalue weighted by molar-refractivity contribution is 7.86. The first-order valence-electron chi connectivity index (χ1n) is 9.71. The molecule has 9 heteroatoms. The predicted molar refractivity (Wildman–Crippen MR) is 125 cm³/mol. The van der Waals surface area contributed by atoms with Crippen molar-refractivity contribution in [3.8, 4) is 17.2 Å². The topological polar surface area (TPSA) is 108 Å². The number of thiazole rings is 1. The maximum atomic E-state index is 12.9. The molecule has 7 nitrogen and oxygen atoms in total. The van der Waals surface area contributed by atoms with Gasteiger partial charge in [-0.25, -0.2) is 9.19 Å². The van der Waals surface area contributed by atoms with Crippen LogP contribution >= 0.6 is 11.3 Å². The van der Waals surface area contributed by atoms with Crippen LogP contribution in [0.4, 0.5) is 10.8 Å². The van der Waals surface area contributed by atoms with Crippen molar-refractivity contribution < 1.29 is 9.00 Å². The molecule has 2 aromatic heterocycles. The van der Waals surface area contributed by atoms with E-state index < -0.39 is 16.4 Å². The van der Waals surface area contributed by atoms with Gasteiger partial charge in [0.2, 0.25) is 5.91 Å². The average Bonchev–Trinajstić information content (AvgIpc) is 3.23. The Morgan fingerprint density at radius 1 is 1.23 bits per heavy atom. The molecule has 0 fully saturated rings. The summed E-state index contributed by atoms with van der Waals surface area (Å²) in [5.41, 5.74) is 2.63. The van der Waals surface area contributed by atoms with E-state index in [1.54, 1.807) is 26.1 Å². The van der Waals surface area contributed by atoms with Crippen LogP contribution < -0.4 is 10.0 Å². The number of carbonyl (C=O) groups is 1. The number of benzene rings is 1. The summed E-state index contributed by atoms with van der Waals surface area (Å²) >= 11 is 1.33. The third-order valence-electron chi connectivity index (χ3n) is 4.65. The molecule has 3 aromatic rings. The zero-order valence-corrected chi connectivity index (χ0v) is 19.1. The Kier molecular flexibility index (Phi) is 7.15. The Morgan fingerprint density at radius 3 is 2.65 bits per heavy atom. The van der Waals surface area contributed by atoms with Gasteiger partial charge in [-0.05, 0) is 44.0 Å². The molecule has 0 bridgehead atoms. The number of amides is 1. The van der Waals surface area contributed by atoms with Gasteiger partial charge in [0.15, 0.2) is 5.13 Å². The molecular formula is C22H23N5O2S2. The van der Waals surface area contributed by atoms with Crippen LogP contribution in [0.2, 0.25) is 0 Å². The van der Waals surface area contributed by atoms with E-state index in [1.165, 1.54) is 17.5 Å². The van der Waals surface area contributed by atoms with E-state index in [1.807, 2.05) is 36.6 Å². The highest BCUT2D eigenvalue weighted by Crippen LogP contribution is 2.29. The van der Waals surface area contributed by atoms with Crippen molar-refractivity contribution in [3.63, 3.8) is 0 Å². The lowest BCUT2D eigenvalue weighted by molar-refractivity contribution is -0.120. The van der Waals surface area contributed by atoms with Crippen LogP contribution in [0.15, 0.2) is 48.1 Å². The van der Waals surface area contributed by atoms with Crippen LogP contribution in [0.3, 0.4) is 0 Å². The molecule has 3 rings (SSSR count). The van der Waals surface area contributed by atoms with E-state index in [4.69, 9.17) is 5.26 Å². The van der Waals surface area contributed by atoms with E-state index in [-0.39, 0.29) is 5.91 Å². The van der Waals surface area contributed by atoms with Crippen molar-refractivity contribution in [1.82, 2.24) is 9.97 Å². The summed E-state index contributed by atoms with van der Waals surface area (Å²) in [5, 5.41) is 14.3. The largest absolute Gasteiger partial charge is 0.325 e. The molecule has 1 amide bonds. The molecule has 1 unspecified atom stereocenters. The summed E-state index contributed by atoms with van der Waals surface area (Å²) in [6.07, 6.45) is 4.02. The normalized spacial score (nSPS) is 12.1. The fourth-order valence-electron chi connectivity index (χ4n) is 2.75. The minimum Gasteiger partial charge on any atom is -0.325 e. The van der Waals surface area contributed by atoms with Gasteiger partial charge in [0.25, 0.3) is 0 Å². The lowest BCUT2D eigenvalue weighted by Crippen LogP contribution is -2.35. The third kappa shape index (κ3) is 5.54. The Labute approximate surface area is 188 Å². The molecule has 0 aliphatic carbocycles. The Hall–Kier alpha value is -3.09. The number of nitrogens with zero attached hydrogens (tertiary/aromatic N) is 3. The molecule has 0 saturated heterocycles. The van der Waals surface area contributed by atoms with E-state index in [0.717, 1.165) is 17.5 Å². The number of nitriles is 1. The smallest absolute Gasteiger partial charge is 0.236 e. The molecule has 0 aliphatic rings. The summed E-state index contributed by atoms with van der Waals surface area (Å²) in [6.45, 7) is 5.57. The number of aromatic nitrogens is 2. The second-order valence-electron chi connectivity index (χ2n) is 7.42. The summed E-state index contributed by atoms with van der Waals surface area (Å²) in [4.78, 5) is 21.5. The molecule has 1 aromatic carbocycles. The van der Waals surface area contributed by atoms with Crippen LogP contribution in [0.25, 0.3) is 11.1 Å². The average molecular weight is 454 g/mol. The van der Waals surface area contributed by atoms with E-state index in [0.29, 0.717) is 27.8 Å². The van der Waals surface area contributed by atoms with Crippen molar-refractivity contribution in [3.05, 3.63) is 59.4 Å². The number of hydrogen-bond acceptors (Lipinski definition) is 6. The van der Waals surface area contributed by atoms with Gasteiger partial charge in [-0.1, -0.05) is 19.1 Å². The van der Waals surface area contributed by atoms with Crippen molar-refractivity contribution in [1.29, 1.82) is 5.26 Å². The zero-order chi connectivity index (χ0) is 22.4. The minimum atomic E-state index is -1.17. The first-order chi connectivity index (χ1) is 14.8. The van der Waals surface area contributed by atoms with E-state index in [2.05, 4.69) is 26.1 Å². The Morgan fingerprint density at radius 2 is 1.97 bits per heavy atom. The van der Waals surface area contributed by atoms with Crippen molar-refractivity contribution in [2.45, 2.75) is 32.6 Å². The summed E-state index contributed by atoms with van der Waals surface area (Å²) in [7, 11) is -1.17. The number of anilines is 2. The van der Waals surface area contributed by atoms with Gasteiger partial charge in [-0.3, -0.25) is 14.5 Å². The highest BCUT2D eigenvalue weighted by Gasteiger charge is 2.32. The summed E-state index contributed by atoms with van der Waals surface area (Å²) in [5.74, 6) is 0.353. The maximum Gasteiger partial charge on any atom is 0.236 e. The van der Waals surface area contributed by atoms with E-state index in [9.17, 15) is 9.00 Å². The molecule has 160 valence electrons. The molecule has 1 atom stereocenters. The van der Waals surface area contributed by atoms with Gasteiger partial charge in [0.05, 0.1) is 16.7 Å². The maximum absolute atomic E-state index is 12.9. The zero-order valence-electron chi connectivity index (χ0n) is 17.5. The van der Waals surface area contributed by atoms with Crippen molar-refractivity contribution in [2.24, 2.45) is 0 Å². The second kappa shape index (κ2) is 9.81. The molecule has 0 saturated carbocycles. The first-order valence-corrected chi connectivity index (χ1v) is 11.9. The lowest BCUT2D eigenvalue weighted by atomic mass is 9.89. The molecule has 2 heterocycles. The molecule has 0 spiro atoms. The summed E-state index contributed by atoms with van der Waals surface area (Å²) < 4.78 is 14.8. The third-order valence-corrected chi connectivity index (χ3v) is 6.73. The van der Waals surface area contributed by atoms with Crippen LogP contribution in [0.5, 0.6) is 0 Å². The van der Waals surface area contributed by atoms with Crippen molar-refractivity contribution in [2.75, 3.05) is 15.8 Å². The van der Waals surface area contributed by atoms with Gasteiger partial charge in [0, 0.05) is 34.8 Å². The lowest BCUT2D eigenvalue weighted by Gasteiger charge is -2.21. The Bertz CT molecular complexity index is 1130. The van der Waals surface area contributed by atoms with Crippen LogP contribution in [0.1, 0.15) is 38.4 Å². The van der Waals surface area contributed by atoms with Crippen LogP contribution in [0, 0.1) is 11.3 Å². The fourth-order valence-corrected chi connectivity index (χ4v) is 4.66. The standard InChI is InChI=1S/C22H23N5O2S2/c1-4-9-31(29)27-21-26-19(14-30-21)22(2,3)20(28)25-18-7-5-16(6-8-18)17-10-15(11-23)12-24-13-17/h5-8,10,12-14H,4,9H2,1-3H3,(H,25,28)(H,26,27). The van der Waals surface area contributed by atoms with Gasteiger partial charge < -0.3 is 5.32 Å². The summed E-state index contributed by atoms with van der Waals surface area (Å²) in [6, 6.07) is 11.2. The number of hydrogen-bond donors (Lipinski definition) is 2. The predicted octanol–water partition coefficient (Wildman–Crippen LogP) is 4.48. The molecule has 0 radical (unpaired) electrons. The quantitative estimate of drug-likeness (QED) is 0.523. The van der Waals surface area contributed by atoms with Gasteiger partial charge in [-0.15, -0.1) is 11.3 Å². The highest BCUT2D eigenvalue weighted by atomic mass is 32.2.